The lowest BCUT2D eigenvalue weighted by Crippen LogP contribution is -2.14. The van der Waals surface area contributed by atoms with Crippen LogP contribution in [0.2, 0.25) is 0 Å². The summed E-state index contributed by atoms with van der Waals surface area (Å²) in [4.78, 5) is 18.5. The van der Waals surface area contributed by atoms with Crippen molar-refractivity contribution in [2.24, 2.45) is 0 Å². The standard InChI is InChI=1S/C26H14F2N2O/c27-18-11-7-16(8-12-18)23-24(17-9-13-19(28)14-10-17)30-25(29-23)20-5-1-3-15-4-2-6-21(22(15)20)26(30)31/h1-14H. The Bertz CT molecular complexity index is 1650. The molecular weight excluding hydrogens is 394 g/mol. The lowest BCUT2D eigenvalue weighted by atomic mass is 10.0. The zero-order valence-electron chi connectivity index (χ0n) is 16.1. The van der Waals surface area contributed by atoms with Crippen molar-refractivity contribution in [1.82, 2.24) is 9.38 Å². The van der Waals surface area contributed by atoms with Crippen molar-refractivity contribution < 1.29 is 8.78 Å². The van der Waals surface area contributed by atoms with Crippen molar-refractivity contribution >= 4 is 27.2 Å². The number of aromatic nitrogens is 2. The molecule has 0 N–H and O–H groups in total. The summed E-state index contributed by atoms with van der Waals surface area (Å²) in [6, 6.07) is 23.4. The van der Waals surface area contributed by atoms with E-state index >= 15 is 0 Å². The van der Waals surface area contributed by atoms with Crippen molar-refractivity contribution in [3.8, 4) is 22.5 Å². The molecule has 0 radical (unpaired) electrons. The maximum Gasteiger partial charge on any atom is 0.264 e. The lowest BCUT2D eigenvalue weighted by Gasteiger charge is -2.09. The van der Waals surface area contributed by atoms with Crippen LogP contribution in [0.3, 0.4) is 0 Å². The summed E-state index contributed by atoms with van der Waals surface area (Å²) >= 11 is 0. The highest BCUT2D eigenvalue weighted by Gasteiger charge is 2.22. The Balaban J connectivity index is 1.84. The summed E-state index contributed by atoms with van der Waals surface area (Å²) in [6.45, 7) is 0. The number of halogens is 2. The number of hydrogen-bond donors (Lipinski definition) is 0. The van der Waals surface area contributed by atoms with Crippen molar-refractivity contribution in [3.63, 3.8) is 0 Å². The molecule has 0 saturated heterocycles. The molecule has 0 amide bonds. The van der Waals surface area contributed by atoms with E-state index in [0.717, 1.165) is 16.2 Å². The minimum Gasteiger partial charge on any atom is -0.268 e. The highest BCUT2D eigenvalue weighted by atomic mass is 19.1. The zero-order chi connectivity index (χ0) is 21.1. The van der Waals surface area contributed by atoms with E-state index in [-0.39, 0.29) is 17.2 Å². The summed E-state index contributed by atoms with van der Waals surface area (Å²) in [5.41, 5.74) is 2.75. The number of fused-ring (bicyclic) bond motifs is 2. The number of rotatable bonds is 2. The molecule has 0 atom stereocenters. The molecule has 6 rings (SSSR count). The molecular formula is C26H14F2N2O. The van der Waals surface area contributed by atoms with Crippen LogP contribution >= 0.6 is 0 Å². The molecule has 31 heavy (non-hydrogen) atoms. The normalized spacial score (nSPS) is 11.7. The first kappa shape index (κ1) is 17.7. The molecule has 0 aliphatic carbocycles. The van der Waals surface area contributed by atoms with Gasteiger partial charge in [-0.2, -0.15) is 0 Å². The van der Waals surface area contributed by atoms with Gasteiger partial charge in [-0.3, -0.25) is 9.20 Å². The van der Waals surface area contributed by atoms with E-state index < -0.39 is 0 Å². The molecule has 0 fully saturated rings. The van der Waals surface area contributed by atoms with E-state index in [9.17, 15) is 13.6 Å². The SMILES string of the molecule is O=c1c2cccc3cccc(c32)c2nc(-c3ccc(F)cc3)c(-c3ccc(F)cc3)n12. The number of nitrogens with zero attached hydrogens (tertiary/aromatic N) is 2. The number of hydrogen-bond acceptors (Lipinski definition) is 2. The molecule has 148 valence electrons. The van der Waals surface area contributed by atoms with Gasteiger partial charge in [0.15, 0.2) is 0 Å². The van der Waals surface area contributed by atoms with Crippen molar-refractivity contribution in [3.05, 3.63) is 107 Å². The molecule has 0 spiro atoms. The van der Waals surface area contributed by atoms with Gasteiger partial charge in [0.25, 0.3) is 5.56 Å². The molecule has 0 aliphatic rings. The molecule has 0 saturated carbocycles. The summed E-state index contributed by atoms with van der Waals surface area (Å²) in [7, 11) is 0. The molecule has 5 heteroatoms. The van der Waals surface area contributed by atoms with Crippen LogP contribution in [0.4, 0.5) is 8.78 Å². The molecule has 3 nitrogen and oxygen atoms in total. The minimum atomic E-state index is -0.369. The first-order valence-electron chi connectivity index (χ1n) is 9.83. The predicted octanol–water partition coefficient (Wildman–Crippen LogP) is 6.05. The van der Waals surface area contributed by atoms with Crippen LogP contribution in [0.1, 0.15) is 0 Å². The monoisotopic (exact) mass is 408 g/mol. The number of imidazole rings is 1. The van der Waals surface area contributed by atoms with Crippen LogP contribution in [0.25, 0.3) is 49.7 Å². The van der Waals surface area contributed by atoms with Crippen molar-refractivity contribution in [2.45, 2.75) is 0 Å². The third-order valence-corrected chi connectivity index (χ3v) is 5.69. The first-order valence-corrected chi connectivity index (χ1v) is 9.83. The van der Waals surface area contributed by atoms with Crippen molar-refractivity contribution in [1.29, 1.82) is 0 Å². The minimum absolute atomic E-state index is 0.195. The average Bonchev–Trinajstić information content (AvgIpc) is 3.19. The lowest BCUT2D eigenvalue weighted by molar-refractivity contribution is 0.627. The highest BCUT2D eigenvalue weighted by Crippen LogP contribution is 2.36. The molecule has 6 aromatic rings. The largest absolute Gasteiger partial charge is 0.268 e. The summed E-state index contributed by atoms with van der Waals surface area (Å²) < 4.78 is 28.8. The van der Waals surface area contributed by atoms with Crippen LogP contribution in [0.15, 0.2) is 89.7 Å². The van der Waals surface area contributed by atoms with E-state index in [1.54, 1.807) is 28.7 Å². The van der Waals surface area contributed by atoms with E-state index in [4.69, 9.17) is 4.98 Å². The van der Waals surface area contributed by atoms with Gasteiger partial charge in [0, 0.05) is 27.3 Å². The van der Waals surface area contributed by atoms with Gasteiger partial charge >= 0.3 is 0 Å². The van der Waals surface area contributed by atoms with Gasteiger partial charge in [-0.1, -0.05) is 30.3 Å². The third kappa shape index (κ3) is 2.56. The average molecular weight is 408 g/mol. The Morgan fingerprint density at radius 2 is 1.26 bits per heavy atom. The van der Waals surface area contributed by atoms with Crippen LogP contribution in [-0.2, 0) is 0 Å². The molecule has 4 aromatic carbocycles. The number of benzene rings is 4. The van der Waals surface area contributed by atoms with Crippen LogP contribution in [0.5, 0.6) is 0 Å². The summed E-state index contributed by atoms with van der Waals surface area (Å²) in [6.07, 6.45) is 0. The Labute approximate surface area is 175 Å². The molecule has 0 unspecified atom stereocenters. The maximum absolute atomic E-state index is 13.6. The Kier molecular flexibility index (Phi) is 3.68. The van der Waals surface area contributed by atoms with E-state index in [1.807, 2.05) is 36.4 Å². The van der Waals surface area contributed by atoms with E-state index in [1.165, 1.54) is 24.3 Å². The van der Waals surface area contributed by atoms with Gasteiger partial charge in [-0.25, -0.2) is 13.8 Å². The fraction of sp³-hybridized carbons (Fsp3) is 0. The molecule has 0 aliphatic heterocycles. The quantitative estimate of drug-likeness (QED) is 0.350. The van der Waals surface area contributed by atoms with E-state index in [2.05, 4.69) is 0 Å². The summed E-state index contributed by atoms with van der Waals surface area (Å²) in [5.74, 6) is -0.726. The van der Waals surface area contributed by atoms with Crippen molar-refractivity contribution in [2.75, 3.05) is 0 Å². The van der Waals surface area contributed by atoms with Crippen LogP contribution in [0, 0.1) is 11.6 Å². The molecule has 0 bridgehead atoms. The third-order valence-electron chi connectivity index (χ3n) is 5.69. The van der Waals surface area contributed by atoms with Gasteiger partial charge in [0.1, 0.15) is 17.3 Å². The number of pyridine rings is 1. The smallest absolute Gasteiger partial charge is 0.264 e. The van der Waals surface area contributed by atoms with E-state index in [0.29, 0.717) is 33.5 Å². The topological polar surface area (TPSA) is 34.4 Å². The van der Waals surface area contributed by atoms with Crippen LogP contribution in [-0.4, -0.2) is 9.38 Å². The second-order valence-corrected chi connectivity index (χ2v) is 7.50. The van der Waals surface area contributed by atoms with Gasteiger partial charge in [0.05, 0.1) is 11.4 Å². The summed E-state index contributed by atoms with van der Waals surface area (Å²) in [5, 5.41) is 3.27. The van der Waals surface area contributed by atoms with Gasteiger partial charge in [0.2, 0.25) is 0 Å². The second kappa shape index (κ2) is 6.44. The molecule has 2 aromatic heterocycles. The van der Waals surface area contributed by atoms with Gasteiger partial charge < -0.3 is 0 Å². The first-order chi connectivity index (χ1) is 15.1. The highest BCUT2D eigenvalue weighted by molar-refractivity contribution is 6.15. The zero-order valence-corrected chi connectivity index (χ0v) is 16.1. The fourth-order valence-corrected chi connectivity index (χ4v) is 4.31. The maximum atomic E-state index is 13.6. The van der Waals surface area contributed by atoms with Gasteiger partial charge in [-0.05, 0) is 60.0 Å². The Hall–Kier alpha value is -4.12. The molecule has 2 heterocycles. The predicted molar refractivity (Wildman–Crippen MR) is 118 cm³/mol. The second-order valence-electron chi connectivity index (χ2n) is 7.50. The fourth-order valence-electron chi connectivity index (χ4n) is 4.31. The van der Waals surface area contributed by atoms with Crippen LogP contribution < -0.4 is 5.56 Å². The Morgan fingerprint density at radius 1 is 0.677 bits per heavy atom. The van der Waals surface area contributed by atoms with Gasteiger partial charge in [-0.15, -0.1) is 0 Å². The Morgan fingerprint density at radius 3 is 1.90 bits per heavy atom.